The van der Waals surface area contributed by atoms with Gasteiger partial charge in [0.05, 0.1) is 23.2 Å². The minimum absolute atomic E-state index is 0.240. The lowest BCUT2D eigenvalue weighted by molar-refractivity contribution is 0.0600. The highest BCUT2D eigenvalue weighted by Gasteiger charge is 2.27. The van der Waals surface area contributed by atoms with Crippen molar-refractivity contribution in [1.29, 1.82) is 0 Å². The van der Waals surface area contributed by atoms with E-state index < -0.39 is 0 Å². The van der Waals surface area contributed by atoms with Gasteiger partial charge in [0.1, 0.15) is 16.6 Å². The first-order valence-corrected chi connectivity index (χ1v) is 11.7. The summed E-state index contributed by atoms with van der Waals surface area (Å²) in [6, 6.07) is 13.9. The molecule has 166 valence electrons. The van der Waals surface area contributed by atoms with Crippen molar-refractivity contribution in [2.75, 3.05) is 12.4 Å². The molecule has 1 unspecified atom stereocenters. The summed E-state index contributed by atoms with van der Waals surface area (Å²) in [5.41, 5.74) is 6.20. The van der Waals surface area contributed by atoms with Crippen LogP contribution in [-0.2, 0) is 11.2 Å². The van der Waals surface area contributed by atoms with Crippen LogP contribution in [0.2, 0.25) is 0 Å². The number of ether oxygens (including phenoxy) is 1. The minimum atomic E-state index is -0.298. The summed E-state index contributed by atoms with van der Waals surface area (Å²) in [5, 5.41) is 4.39. The van der Waals surface area contributed by atoms with Gasteiger partial charge in [-0.3, -0.25) is 0 Å². The highest BCUT2D eigenvalue weighted by molar-refractivity contribution is 7.15. The van der Waals surface area contributed by atoms with Gasteiger partial charge in [0, 0.05) is 18.3 Å². The van der Waals surface area contributed by atoms with Crippen LogP contribution in [0.4, 0.5) is 11.6 Å². The molecule has 1 aliphatic carbocycles. The van der Waals surface area contributed by atoms with Gasteiger partial charge < -0.3 is 10.1 Å². The number of fused-ring (bicyclic) bond motifs is 1. The number of nitrogens with one attached hydrogen (secondary N) is 1. The van der Waals surface area contributed by atoms with E-state index in [9.17, 15) is 4.79 Å². The summed E-state index contributed by atoms with van der Waals surface area (Å²) in [6.07, 6.45) is 5.62. The van der Waals surface area contributed by atoms with Gasteiger partial charge in [0.15, 0.2) is 0 Å². The summed E-state index contributed by atoms with van der Waals surface area (Å²) < 4.78 is 4.86. The van der Waals surface area contributed by atoms with Crippen LogP contribution in [0, 0.1) is 13.8 Å². The number of rotatable bonds is 5. The van der Waals surface area contributed by atoms with Crippen LogP contribution in [-0.4, -0.2) is 28.0 Å². The second-order valence-corrected chi connectivity index (χ2v) is 9.38. The first-order chi connectivity index (χ1) is 16.0. The highest BCUT2D eigenvalue weighted by atomic mass is 32.1. The molecule has 0 bridgehead atoms. The van der Waals surface area contributed by atoms with Crippen LogP contribution < -0.4 is 5.32 Å². The molecule has 1 N–H and O–H groups in total. The molecule has 0 radical (unpaired) electrons. The first kappa shape index (κ1) is 21.3. The summed E-state index contributed by atoms with van der Waals surface area (Å²) in [4.78, 5) is 26.9. The fourth-order valence-electron chi connectivity index (χ4n) is 4.28. The lowest BCUT2D eigenvalue weighted by Crippen LogP contribution is -2.02. The van der Waals surface area contributed by atoms with Crippen LogP contribution >= 0.6 is 11.3 Å². The third-order valence-corrected chi connectivity index (χ3v) is 6.99. The zero-order valence-corrected chi connectivity index (χ0v) is 19.6. The summed E-state index contributed by atoms with van der Waals surface area (Å²) >= 11 is 1.68. The molecule has 1 atom stereocenters. The maximum absolute atomic E-state index is 11.9. The SMILES string of the molecule is COC(=O)c1ccc2c(c1)CCC2c1ncc(-c2cc(C)cc(Nc3cc(C)ccn3)n2)s1. The van der Waals surface area contributed by atoms with E-state index in [1.807, 2.05) is 49.5 Å². The first-order valence-electron chi connectivity index (χ1n) is 10.9. The van der Waals surface area contributed by atoms with Crippen molar-refractivity contribution in [1.82, 2.24) is 15.0 Å². The van der Waals surface area contributed by atoms with Crippen LogP contribution in [0.1, 0.15) is 50.0 Å². The fraction of sp³-hybridized carbons (Fsp3) is 0.231. The quantitative estimate of drug-likeness (QED) is 0.381. The summed E-state index contributed by atoms with van der Waals surface area (Å²) in [7, 11) is 1.41. The number of pyridine rings is 2. The number of esters is 1. The Kier molecular flexibility index (Phi) is 5.64. The molecule has 0 saturated carbocycles. The lowest BCUT2D eigenvalue weighted by Gasteiger charge is -2.09. The lowest BCUT2D eigenvalue weighted by atomic mass is 10.0. The zero-order valence-electron chi connectivity index (χ0n) is 18.8. The second kappa shape index (κ2) is 8.75. The molecule has 1 aliphatic rings. The van der Waals surface area contributed by atoms with E-state index in [-0.39, 0.29) is 11.9 Å². The Bertz CT molecular complexity index is 1350. The third-order valence-electron chi connectivity index (χ3n) is 5.86. The van der Waals surface area contributed by atoms with Crippen molar-refractivity contribution in [3.05, 3.63) is 87.7 Å². The molecule has 0 amide bonds. The Labute approximate surface area is 196 Å². The Balaban J connectivity index is 1.41. The van der Waals surface area contributed by atoms with E-state index in [0.29, 0.717) is 5.56 Å². The molecular weight excluding hydrogens is 432 g/mol. The zero-order chi connectivity index (χ0) is 22.9. The van der Waals surface area contributed by atoms with Crippen LogP contribution in [0.15, 0.2) is 54.9 Å². The third kappa shape index (κ3) is 4.36. The number of anilines is 2. The van der Waals surface area contributed by atoms with Crippen molar-refractivity contribution < 1.29 is 9.53 Å². The maximum atomic E-state index is 11.9. The summed E-state index contributed by atoms with van der Waals surface area (Å²) in [5.74, 6) is 1.48. The molecule has 33 heavy (non-hydrogen) atoms. The predicted octanol–water partition coefficient (Wildman–Crippen LogP) is 5.83. The molecule has 4 aromatic rings. The van der Waals surface area contributed by atoms with Crippen molar-refractivity contribution in [2.24, 2.45) is 0 Å². The number of thiazole rings is 1. The molecule has 0 spiro atoms. The van der Waals surface area contributed by atoms with E-state index in [1.165, 1.54) is 18.2 Å². The van der Waals surface area contributed by atoms with Crippen molar-refractivity contribution in [3.8, 4) is 10.6 Å². The molecule has 7 heteroatoms. The number of hydrogen-bond donors (Lipinski definition) is 1. The Hall–Kier alpha value is -3.58. The van der Waals surface area contributed by atoms with Gasteiger partial charge in [-0.25, -0.2) is 19.7 Å². The predicted molar refractivity (Wildman–Crippen MR) is 130 cm³/mol. The largest absolute Gasteiger partial charge is 0.465 e. The topological polar surface area (TPSA) is 77.0 Å². The van der Waals surface area contributed by atoms with E-state index in [2.05, 4.69) is 23.3 Å². The van der Waals surface area contributed by atoms with Gasteiger partial charge in [-0.1, -0.05) is 6.07 Å². The van der Waals surface area contributed by atoms with Crippen molar-refractivity contribution >= 4 is 28.9 Å². The standard InChI is InChI=1S/C26H24N4O2S/c1-15-8-9-27-23(11-15)30-24-12-16(2)10-21(29-24)22-14-28-25(33-22)20-7-4-17-13-18(26(31)32-3)5-6-19(17)20/h5-6,8-14,20H,4,7H2,1-3H3,(H,27,29,30). The van der Waals surface area contributed by atoms with E-state index >= 15 is 0 Å². The smallest absolute Gasteiger partial charge is 0.337 e. The minimum Gasteiger partial charge on any atom is -0.465 e. The van der Waals surface area contributed by atoms with Crippen molar-refractivity contribution in [3.63, 3.8) is 0 Å². The van der Waals surface area contributed by atoms with Gasteiger partial charge >= 0.3 is 5.97 Å². The highest BCUT2D eigenvalue weighted by Crippen LogP contribution is 2.41. The van der Waals surface area contributed by atoms with E-state index in [4.69, 9.17) is 14.7 Å². The van der Waals surface area contributed by atoms with Gasteiger partial charge in [0.25, 0.3) is 0 Å². The summed E-state index contributed by atoms with van der Waals surface area (Å²) in [6.45, 7) is 4.10. The number of aryl methyl sites for hydroxylation is 3. The maximum Gasteiger partial charge on any atom is 0.337 e. The van der Waals surface area contributed by atoms with E-state index in [1.54, 1.807) is 17.5 Å². The second-order valence-electron chi connectivity index (χ2n) is 8.32. The number of nitrogens with zero attached hydrogens (tertiary/aromatic N) is 3. The average molecular weight is 457 g/mol. The van der Waals surface area contributed by atoms with Gasteiger partial charge in [-0.2, -0.15) is 0 Å². The molecule has 6 nitrogen and oxygen atoms in total. The molecular formula is C26H24N4O2S. The van der Waals surface area contributed by atoms with E-state index in [0.717, 1.165) is 51.2 Å². The molecule has 3 heterocycles. The number of methoxy groups -OCH3 is 1. The normalized spacial score (nSPS) is 14.7. The van der Waals surface area contributed by atoms with Crippen LogP contribution in [0.5, 0.6) is 0 Å². The van der Waals surface area contributed by atoms with Crippen LogP contribution in [0.25, 0.3) is 10.6 Å². The van der Waals surface area contributed by atoms with Crippen molar-refractivity contribution in [2.45, 2.75) is 32.6 Å². The van der Waals surface area contributed by atoms with Gasteiger partial charge in [-0.15, -0.1) is 11.3 Å². The number of carbonyl (C=O) groups is 1. The number of aromatic nitrogens is 3. The monoisotopic (exact) mass is 456 g/mol. The Morgan fingerprint density at radius 2 is 1.91 bits per heavy atom. The number of carbonyl (C=O) groups excluding carboxylic acids is 1. The molecule has 0 saturated heterocycles. The Morgan fingerprint density at radius 3 is 2.73 bits per heavy atom. The Morgan fingerprint density at radius 1 is 1.06 bits per heavy atom. The van der Waals surface area contributed by atoms with Gasteiger partial charge in [0.2, 0.25) is 0 Å². The fourth-order valence-corrected chi connectivity index (χ4v) is 5.31. The van der Waals surface area contributed by atoms with Crippen LogP contribution in [0.3, 0.4) is 0 Å². The van der Waals surface area contributed by atoms with Gasteiger partial charge in [-0.05, 0) is 85.3 Å². The molecule has 0 aliphatic heterocycles. The number of benzene rings is 1. The molecule has 1 aromatic carbocycles. The average Bonchev–Trinajstić information content (AvgIpc) is 3.45. The molecule has 5 rings (SSSR count). The number of hydrogen-bond acceptors (Lipinski definition) is 7. The molecule has 0 fully saturated rings. The molecule has 3 aromatic heterocycles.